The lowest BCUT2D eigenvalue weighted by Gasteiger charge is -2.07. The fourth-order valence-electron chi connectivity index (χ4n) is 1.39. The Bertz CT molecular complexity index is 764. The van der Waals surface area contributed by atoms with Gasteiger partial charge in [-0.2, -0.15) is 0 Å². The van der Waals surface area contributed by atoms with Gasteiger partial charge in [0.2, 0.25) is 0 Å². The van der Waals surface area contributed by atoms with E-state index < -0.39 is 10.4 Å². The monoisotopic (exact) mass is 318 g/mol. The van der Waals surface area contributed by atoms with E-state index in [2.05, 4.69) is 18.8 Å². The number of hydrogen-bond acceptors (Lipinski definition) is 10. The Hall–Kier alpha value is -2.83. The molecule has 2 heterocycles. The lowest BCUT2D eigenvalue weighted by molar-refractivity contribution is 0.156. The first kappa shape index (κ1) is 14.6. The van der Waals surface area contributed by atoms with Gasteiger partial charge in [0.25, 0.3) is 0 Å². The largest absolute Gasteiger partial charge is 0.542 e. The molecule has 2 aromatic rings. The van der Waals surface area contributed by atoms with E-state index in [0.29, 0.717) is 21.8 Å². The molecule has 2 aromatic heterocycles. The summed E-state index contributed by atoms with van der Waals surface area (Å²) < 4.78 is 32.5. The van der Waals surface area contributed by atoms with Crippen molar-refractivity contribution in [3.63, 3.8) is 0 Å². The normalized spacial score (nSPS) is 11.5. The minimum Gasteiger partial charge on any atom is -0.394 e. The molecule has 0 saturated carbocycles. The van der Waals surface area contributed by atoms with Crippen LogP contribution in [0, 0.1) is 0 Å². The summed E-state index contributed by atoms with van der Waals surface area (Å²) in [5, 5.41) is 7.29. The number of aryl methyl sites for hydroxylation is 1. The van der Waals surface area contributed by atoms with Crippen LogP contribution in [0.1, 0.15) is 12.6 Å². The van der Waals surface area contributed by atoms with Gasteiger partial charge in [-0.15, -0.1) is 18.6 Å². The van der Waals surface area contributed by atoms with Gasteiger partial charge in [-0.3, -0.25) is 0 Å². The highest BCUT2D eigenvalue weighted by Gasteiger charge is 2.23. The zero-order valence-electron chi connectivity index (χ0n) is 10.9. The Kier molecular flexibility index (Phi) is 3.42. The Balaban J connectivity index is 2.24. The van der Waals surface area contributed by atoms with Crippen LogP contribution in [-0.4, -0.2) is 28.3 Å². The first-order valence-corrected chi connectivity index (χ1v) is 6.95. The van der Waals surface area contributed by atoms with Gasteiger partial charge in [-0.25, -0.2) is 8.57 Å². The highest BCUT2D eigenvalue weighted by molar-refractivity contribution is 7.82. The van der Waals surface area contributed by atoms with Crippen molar-refractivity contribution < 1.29 is 17.0 Å². The highest BCUT2D eigenvalue weighted by Crippen LogP contribution is 2.19. The van der Waals surface area contributed by atoms with Crippen molar-refractivity contribution in [2.24, 2.45) is 0 Å². The molecule has 0 fully saturated rings. The second-order valence-corrected chi connectivity index (χ2v) is 5.00. The molecular formula is C8H14N8O4S. The van der Waals surface area contributed by atoms with Gasteiger partial charge in [0.05, 0.1) is 17.6 Å². The van der Waals surface area contributed by atoms with Crippen molar-refractivity contribution in [2.45, 2.75) is 13.3 Å². The Labute approximate surface area is 119 Å². The molecule has 0 unspecified atom stereocenters. The topological polar surface area (TPSA) is 192 Å². The second-order valence-electron chi connectivity index (χ2n) is 3.89. The van der Waals surface area contributed by atoms with Gasteiger partial charge < -0.3 is 22.9 Å². The molecule has 116 valence electrons. The van der Waals surface area contributed by atoms with Gasteiger partial charge in [0, 0.05) is 0 Å². The zero-order valence-corrected chi connectivity index (χ0v) is 11.7. The number of nitrogens with two attached hydrogens (primary N) is 4. The van der Waals surface area contributed by atoms with Crippen LogP contribution in [0.4, 0.5) is 23.0 Å². The highest BCUT2D eigenvalue weighted by atomic mass is 32.3. The molecule has 0 spiro atoms. The summed E-state index contributed by atoms with van der Waals surface area (Å²) in [6.07, 6.45) is 1.55. The predicted octanol–water partition coefficient (Wildman–Crippen LogP) is -2.23. The quantitative estimate of drug-likeness (QED) is 0.468. The maximum atomic E-state index is 11.7. The van der Waals surface area contributed by atoms with Crippen molar-refractivity contribution in [2.75, 3.05) is 22.9 Å². The molecule has 13 heteroatoms. The van der Waals surface area contributed by atoms with Crippen LogP contribution in [0.3, 0.4) is 0 Å². The molecule has 0 saturated heterocycles. The summed E-state index contributed by atoms with van der Waals surface area (Å²) in [6, 6.07) is 0. The number of nitrogens with zero attached hydrogens (tertiary/aromatic N) is 4. The van der Waals surface area contributed by atoms with Crippen LogP contribution in [0.5, 0.6) is 0 Å². The summed E-state index contributed by atoms with van der Waals surface area (Å²) in [5.41, 5.74) is 22.6. The zero-order chi connectivity index (χ0) is 15.8. The molecule has 21 heavy (non-hydrogen) atoms. The van der Waals surface area contributed by atoms with E-state index in [1.165, 1.54) is 0 Å². The SMILES string of the molecule is CCc1nn(OS(=O)(=O)On2ncc(N)c2N)c(N)c1N. The Morgan fingerprint density at radius 3 is 2.24 bits per heavy atom. The second kappa shape index (κ2) is 4.93. The molecular weight excluding hydrogens is 304 g/mol. The molecule has 0 aromatic carbocycles. The molecule has 0 bridgehead atoms. The van der Waals surface area contributed by atoms with E-state index >= 15 is 0 Å². The Morgan fingerprint density at radius 1 is 1.14 bits per heavy atom. The molecule has 8 N–H and O–H groups in total. The fourth-order valence-corrected chi connectivity index (χ4v) is 1.99. The van der Waals surface area contributed by atoms with Crippen molar-refractivity contribution in [1.82, 2.24) is 19.9 Å². The van der Waals surface area contributed by atoms with Gasteiger partial charge in [-0.05, 0) is 6.42 Å². The molecule has 0 atom stereocenters. The summed E-state index contributed by atoms with van der Waals surface area (Å²) in [5.74, 6) is -0.378. The number of aromatic nitrogens is 4. The van der Waals surface area contributed by atoms with Crippen LogP contribution in [-0.2, 0) is 16.8 Å². The van der Waals surface area contributed by atoms with Crippen LogP contribution in [0.25, 0.3) is 0 Å². The van der Waals surface area contributed by atoms with Gasteiger partial charge in [0.15, 0.2) is 11.6 Å². The van der Waals surface area contributed by atoms with E-state index in [0.717, 1.165) is 6.20 Å². The molecule has 0 radical (unpaired) electrons. The maximum Gasteiger partial charge on any atom is 0.542 e. The van der Waals surface area contributed by atoms with E-state index in [4.69, 9.17) is 22.9 Å². The van der Waals surface area contributed by atoms with E-state index in [-0.39, 0.29) is 23.0 Å². The van der Waals surface area contributed by atoms with E-state index in [1.54, 1.807) is 6.92 Å². The third-order valence-corrected chi connectivity index (χ3v) is 3.11. The summed E-state index contributed by atoms with van der Waals surface area (Å²) in [4.78, 5) is 1.01. The van der Waals surface area contributed by atoms with Crippen molar-refractivity contribution in [1.29, 1.82) is 0 Å². The fraction of sp³-hybridized carbons (Fsp3) is 0.250. The number of anilines is 4. The molecule has 2 rings (SSSR count). The van der Waals surface area contributed by atoms with Gasteiger partial charge >= 0.3 is 10.4 Å². The lowest BCUT2D eigenvalue weighted by Crippen LogP contribution is -2.32. The molecule has 0 aliphatic carbocycles. The van der Waals surface area contributed by atoms with Crippen LogP contribution < -0.4 is 31.5 Å². The molecule has 0 aliphatic rings. The van der Waals surface area contributed by atoms with E-state index in [9.17, 15) is 8.42 Å². The van der Waals surface area contributed by atoms with Crippen molar-refractivity contribution in [3.8, 4) is 0 Å². The van der Waals surface area contributed by atoms with Crippen LogP contribution in [0.2, 0.25) is 0 Å². The minimum absolute atomic E-state index is 0.0429. The molecule has 0 aliphatic heterocycles. The first-order chi connectivity index (χ1) is 9.75. The average Bonchev–Trinajstić information content (AvgIpc) is 2.86. The van der Waals surface area contributed by atoms with Crippen LogP contribution in [0.15, 0.2) is 6.20 Å². The number of nitrogen functional groups attached to an aromatic ring is 4. The van der Waals surface area contributed by atoms with Crippen molar-refractivity contribution >= 4 is 33.4 Å². The predicted molar refractivity (Wildman–Crippen MR) is 73.6 cm³/mol. The summed E-state index contributed by atoms with van der Waals surface area (Å²) >= 11 is 0. The maximum absolute atomic E-state index is 11.7. The molecule has 12 nitrogen and oxygen atoms in total. The third kappa shape index (κ3) is 2.71. The average molecular weight is 318 g/mol. The van der Waals surface area contributed by atoms with Crippen molar-refractivity contribution in [3.05, 3.63) is 11.9 Å². The van der Waals surface area contributed by atoms with Crippen LogP contribution >= 0.6 is 0 Å². The number of rotatable bonds is 5. The smallest absolute Gasteiger partial charge is 0.394 e. The number of hydrogen-bond donors (Lipinski definition) is 4. The third-order valence-electron chi connectivity index (χ3n) is 2.47. The molecule has 0 amide bonds. The van der Waals surface area contributed by atoms with Gasteiger partial charge in [0.1, 0.15) is 5.69 Å². The lowest BCUT2D eigenvalue weighted by atomic mass is 10.3. The summed E-state index contributed by atoms with van der Waals surface area (Å²) in [7, 11) is -4.60. The summed E-state index contributed by atoms with van der Waals surface area (Å²) in [6.45, 7) is 1.76. The Morgan fingerprint density at radius 2 is 1.76 bits per heavy atom. The van der Waals surface area contributed by atoms with Gasteiger partial charge in [-0.1, -0.05) is 16.6 Å². The minimum atomic E-state index is -4.60. The van der Waals surface area contributed by atoms with E-state index in [1.807, 2.05) is 0 Å². The first-order valence-electron chi connectivity index (χ1n) is 5.61. The standard InChI is InChI=1S/C8H14N8O4S/c1-2-5-6(10)8(12)16(14-5)20-21(17,18)19-15-7(11)4(9)3-13-15/h3H,2,9-12H2,1H3.